The Morgan fingerprint density at radius 2 is 1.06 bits per heavy atom. The molecule has 11 rings (SSSR count). The number of hydrogen-bond acceptors (Lipinski definition) is 4. The van der Waals surface area contributed by atoms with Crippen LogP contribution in [-0.4, -0.2) is 29.1 Å². The van der Waals surface area contributed by atoms with Gasteiger partial charge in [0.05, 0.1) is 16.6 Å². The van der Waals surface area contributed by atoms with E-state index in [2.05, 4.69) is 112 Å². The van der Waals surface area contributed by atoms with Gasteiger partial charge in [-0.25, -0.2) is 9.50 Å². The molecule has 0 unspecified atom stereocenters. The maximum Gasteiger partial charge on any atom is 0.238 e. The third-order valence-electron chi connectivity index (χ3n) is 10.5. The Hall–Kier alpha value is -6.92. The zero-order chi connectivity index (χ0) is 34.9. The summed E-state index contributed by atoms with van der Waals surface area (Å²) in [6, 6.07) is 57.3. The molecule has 4 heterocycles. The average Bonchev–Trinajstić information content (AvgIpc) is 3.92. The van der Waals surface area contributed by atoms with Gasteiger partial charge in [0.1, 0.15) is 5.69 Å². The fraction of sp³-hybridized carbons (Fsp3) is 0.0638. The summed E-state index contributed by atoms with van der Waals surface area (Å²) >= 11 is 0. The molecule has 0 atom stereocenters. The van der Waals surface area contributed by atoms with Crippen molar-refractivity contribution in [2.45, 2.75) is 18.8 Å². The molecule has 0 aliphatic heterocycles. The molecular weight excluding hydrogens is 649 g/mol. The molecule has 6 aromatic carbocycles. The predicted octanol–water partition coefficient (Wildman–Crippen LogP) is 11.3. The highest BCUT2D eigenvalue weighted by molar-refractivity contribution is 6.12. The first-order valence-corrected chi connectivity index (χ1v) is 18.2. The molecule has 0 radical (unpaired) electrons. The molecule has 0 spiro atoms. The third-order valence-corrected chi connectivity index (χ3v) is 10.5. The number of pyridine rings is 1. The van der Waals surface area contributed by atoms with Crippen LogP contribution in [0, 0.1) is 0 Å². The Bertz CT molecular complexity index is 2940. The van der Waals surface area contributed by atoms with Gasteiger partial charge in [-0.2, -0.15) is 15.1 Å². The first-order valence-electron chi connectivity index (χ1n) is 18.2. The number of rotatable bonds is 6. The van der Waals surface area contributed by atoms with Gasteiger partial charge < -0.3 is 0 Å². The summed E-state index contributed by atoms with van der Waals surface area (Å²) in [5, 5.41) is 10.2. The van der Waals surface area contributed by atoms with E-state index in [-0.39, 0.29) is 0 Å². The minimum absolute atomic E-state index is 0.529. The van der Waals surface area contributed by atoms with E-state index < -0.39 is 0 Å². The van der Waals surface area contributed by atoms with Crippen LogP contribution in [0.5, 0.6) is 0 Å². The highest BCUT2D eigenvalue weighted by Gasteiger charge is 2.30. The number of aromatic nitrogens is 6. The van der Waals surface area contributed by atoms with Crippen LogP contribution in [0.1, 0.15) is 24.5 Å². The summed E-state index contributed by atoms with van der Waals surface area (Å²) in [6.07, 6.45) is 2.40. The SMILES string of the molecule is c1ccc(-c2nc(-c3ccccc3)nc(-n3c4ccccc4c4cc(-c5nn6c(C7CC7)cc7ccccc7c6c5-c5ccccc5)ccc43)n2)cc1. The molecule has 1 aliphatic rings. The lowest BCUT2D eigenvalue weighted by Crippen LogP contribution is -2.06. The molecule has 6 heteroatoms. The van der Waals surface area contributed by atoms with Crippen molar-refractivity contribution in [3.8, 4) is 51.1 Å². The van der Waals surface area contributed by atoms with Crippen LogP contribution in [0.4, 0.5) is 0 Å². The van der Waals surface area contributed by atoms with Crippen LogP contribution in [0.3, 0.4) is 0 Å². The van der Waals surface area contributed by atoms with Gasteiger partial charge in [0.25, 0.3) is 0 Å². The third kappa shape index (κ3) is 4.87. The monoisotopic (exact) mass is 680 g/mol. The van der Waals surface area contributed by atoms with Crippen molar-refractivity contribution in [2.24, 2.45) is 0 Å². The number of para-hydroxylation sites is 1. The number of benzene rings is 6. The summed E-state index contributed by atoms with van der Waals surface area (Å²) in [7, 11) is 0. The molecule has 0 amide bonds. The molecule has 1 saturated carbocycles. The van der Waals surface area contributed by atoms with Crippen molar-refractivity contribution in [3.63, 3.8) is 0 Å². The first kappa shape index (κ1) is 29.8. The summed E-state index contributed by atoms with van der Waals surface area (Å²) < 4.78 is 4.42. The van der Waals surface area contributed by atoms with Crippen molar-refractivity contribution in [2.75, 3.05) is 0 Å². The molecule has 53 heavy (non-hydrogen) atoms. The molecule has 0 saturated heterocycles. The molecule has 1 aliphatic carbocycles. The minimum atomic E-state index is 0.529. The number of fused-ring (bicyclic) bond motifs is 6. The lowest BCUT2D eigenvalue weighted by molar-refractivity contribution is 0.866. The largest absolute Gasteiger partial charge is 0.278 e. The lowest BCUT2D eigenvalue weighted by atomic mass is 9.96. The molecule has 6 nitrogen and oxygen atoms in total. The summed E-state index contributed by atoms with van der Waals surface area (Å²) in [4.78, 5) is 15.2. The Morgan fingerprint density at radius 3 is 1.74 bits per heavy atom. The maximum absolute atomic E-state index is 5.49. The highest BCUT2D eigenvalue weighted by atomic mass is 15.2. The average molecular weight is 681 g/mol. The van der Waals surface area contributed by atoms with Crippen molar-refractivity contribution in [1.29, 1.82) is 0 Å². The van der Waals surface area contributed by atoms with Gasteiger partial charge >= 0.3 is 0 Å². The smallest absolute Gasteiger partial charge is 0.238 e. The normalized spacial score (nSPS) is 13.1. The Labute approximate surface area is 305 Å². The van der Waals surface area contributed by atoms with Gasteiger partial charge in [0, 0.05) is 50.0 Å². The molecular formula is C47H32N6. The molecule has 0 N–H and O–H groups in total. The van der Waals surface area contributed by atoms with E-state index in [9.17, 15) is 0 Å². The molecule has 250 valence electrons. The number of hydrogen-bond donors (Lipinski definition) is 0. The first-order chi connectivity index (χ1) is 26.3. The fourth-order valence-electron chi connectivity index (χ4n) is 7.90. The van der Waals surface area contributed by atoms with Gasteiger partial charge in [0.15, 0.2) is 11.6 Å². The van der Waals surface area contributed by atoms with E-state index in [1.54, 1.807) is 0 Å². The topological polar surface area (TPSA) is 60.9 Å². The molecule has 4 aromatic heterocycles. The van der Waals surface area contributed by atoms with Crippen LogP contribution < -0.4 is 0 Å². The van der Waals surface area contributed by atoms with E-state index in [1.165, 1.54) is 34.8 Å². The highest BCUT2D eigenvalue weighted by Crippen LogP contribution is 2.46. The summed E-state index contributed by atoms with van der Waals surface area (Å²) in [5.74, 6) is 2.37. The maximum atomic E-state index is 5.49. The summed E-state index contributed by atoms with van der Waals surface area (Å²) in [6.45, 7) is 0. The fourth-order valence-corrected chi connectivity index (χ4v) is 7.90. The molecule has 1 fully saturated rings. The van der Waals surface area contributed by atoms with Gasteiger partial charge in [-0.15, -0.1) is 0 Å². The van der Waals surface area contributed by atoms with Gasteiger partial charge in [-0.05, 0) is 48.1 Å². The quantitative estimate of drug-likeness (QED) is 0.175. The van der Waals surface area contributed by atoms with Crippen LogP contribution in [-0.2, 0) is 0 Å². The van der Waals surface area contributed by atoms with E-state index in [0.29, 0.717) is 23.5 Å². The Kier molecular flexibility index (Phi) is 6.64. The van der Waals surface area contributed by atoms with Crippen LogP contribution in [0.15, 0.2) is 164 Å². The van der Waals surface area contributed by atoms with Crippen molar-refractivity contribution in [3.05, 3.63) is 169 Å². The number of nitrogens with zero attached hydrogens (tertiary/aromatic N) is 6. The van der Waals surface area contributed by atoms with Gasteiger partial charge in [-0.1, -0.05) is 140 Å². The molecule has 10 aromatic rings. The van der Waals surface area contributed by atoms with Crippen molar-refractivity contribution < 1.29 is 0 Å². The van der Waals surface area contributed by atoms with E-state index in [0.717, 1.165) is 55.3 Å². The molecule has 0 bridgehead atoms. The Balaban J connectivity index is 1.18. The standard InChI is InChI=1S/C47H32N6/c1-4-14-31(15-5-1)42-43(51-53-41(30-24-25-30)29-34-20-10-11-21-36(34)44(42)53)35-26-27-40-38(28-35)37-22-12-13-23-39(37)52(40)47-49-45(32-16-6-2-7-17-32)48-46(50-47)33-18-8-3-9-19-33/h1-23,26-30H,24-25H2. The van der Waals surface area contributed by atoms with Crippen LogP contribution in [0.2, 0.25) is 0 Å². The van der Waals surface area contributed by atoms with Gasteiger partial charge in [0.2, 0.25) is 5.95 Å². The van der Waals surface area contributed by atoms with Crippen molar-refractivity contribution in [1.82, 2.24) is 29.1 Å². The van der Waals surface area contributed by atoms with Gasteiger partial charge in [-0.3, -0.25) is 4.57 Å². The predicted molar refractivity (Wildman–Crippen MR) is 214 cm³/mol. The summed E-state index contributed by atoms with van der Waals surface area (Å²) in [5.41, 5.74) is 10.8. The second-order valence-electron chi connectivity index (χ2n) is 13.9. The minimum Gasteiger partial charge on any atom is -0.278 e. The van der Waals surface area contributed by atoms with E-state index in [4.69, 9.17) is 20.1 Å². The van der Waals surface area contributed by atoms with Crippen LogP contribution in [0.25, 0.3) is 89.2 Å². The lowest BCUT2D eigenvalue weighted by Gasteiger charge is -2.11. The van der Waals surface area contributed by atoms with E-state index in [1.807, 2.05) is 60.7 Å². The zero-order valence-electron chi connectivity index (χ0n) is 28.8. The van der Waals surface area contributed by atoms with Crippen LogP contribution >= 0.6 is 0 Å². The zero-order valence-corrected chi connectivity index (χ0v) is 28.8. The van der Waals surface area contributed by atoms with E-state index >= 15 is 0 Å². The Morgan fingerprint density at radius 1 is 0.472 bits per heavy atom. The van der Waals surface area contributed by atoms with Crippen molar-refractivity contribution >= 4 is 38.1 Å². The second kappa shape index (κ2) is 11.8. The second-order valence-corrected chi connectivity index (χ2v) is 13.9.